The monoisotopic (exact) mass is 497 g/mol. The van der Waals surface area contributed by atoms with E-state index >= 15 is 0 Å². The maximum atomic E-state index is 12.9. The molecule has 11 heteroatoms. The lowest BCUT2D eigenvalue weighted by atomic mass is 10.2. The summed E-state index contributed by atoms with van der Waals surface area (Å²) < 4.78 is 7.10. The van der Waals surface area contributed by atoms with E-state index in [-0.39, 0.29) is 28.2 Å². The second-order valence-corrected chi connectivity index (χ2v) is 8.91. The third kappa shape index (κ3) is 5.24. The average molecular weight is 498 g/mol. The lowest BCUT2D eigenvalue weighted by molar-refractivity contribution is -0.384. The minimum Gasteiger partial charge on any atom is -0.462 e. The number of aryl methyl sites for hydroxylation is 1. The van der Waals surface area contributed by atoms with Crippen molar-refractivity contribution >= 4 is 46.0 Å². The summed E-state index contributed by atoms with van der Waals surface area (Å²) in [4.78, 5) is 44.3. The van der Waals surface area contributed by atoms with Gasteiger partial charge in [0.05, 0.1) is 33.9 Å². The molecule has 1 saturated heterocycles. The number of fused-ring (bicyclic) bond motifs is 1. The molecule has 0 atom stereocenters. The van der Waals surface area contributed by atoms with Crippen molar-refractivity contribution in [2.45, 2.75) is 25.5 Å². The normalized spacial score (nSPS) is 13.8. The fourth-order valence-electron chi connectivity index (χ4n) is 4.17. The molecule has 1 aliphatic heterocycles. The van der Waals surface area contributed by atoms with Crippen molar-refractivity contribution in [1.29, 1.82) is 0 Å². The van der Waals surface area contributed by atoms with Crippen molar-refractivity contribution in [3.05, 3.63) is 58.1 Å². The second-order valence-electron chi connectivity index (χ2n) is 7.96. The van der Waals surface area contributed by atoms with E-state index in [9.17, 15) is 19.7 Å². The number of carbonyl (C=O) groups is 2. The van der Waals surface area contributed by atoms with Gasteiger partial charge in [0.2, 0.25) is 5.91 Å². The number of hydrogen-bond acceptors (Lipinski definition) is 8. The van der Waals surface area contributed by atoms with Crippen LogP contribution in [0.15, 0.2) is 47.6 Å². The highest BCUT2D eigenvalue weighted by Crippen LogP contribution is 2.29. The Bertz CT molecular complexity index is 1250. The predicted octanol–water partition coefficient (Wildman–Crippen LogP) is 3.58. The standard InChI is InChI=1S/C24H27N5O5S/c1-3-28-19-10-9-17(23(31)34-4-2)15-18(19)25-24(28)35-16-22(30)27-13-11-26(12-14-27)20-7-5-6-8-21(20)29(32)33/h5-10,15H,3-4,11-14,16H2,1-2H3. The van der Waals surface area contributed by atoms with Crippen LogP contribution in [0.1, 0.15) is 24.2 Å². The molecule has 2 heterocycles. The molecule has 1 fully saturated rings. The molecule has 4 rings (SSSR count). The van der Waals surface area contributed by atoms with Crippen molar-refractivity contribution < 1.29 is 19.2 Å². The maximum absolute atomic E-state index is 12.9. The highest BCUT2D eigenvalue weighted by atomic mass is 32.2. The van der Waals surface area contributed by atoms with Crippen LogP contribution in [0, 0.1) is 10.1 Å². The number of anilines is 1. The Labute approximate surface area is 207 Å². The summed E-state index contributed by atoms with van der Waals surface area (Å²) in [5.41, 5.74) is 2.69. The zero-order valence-corrected chi connectivity index (χ0v) is 20.5. The van der Waals surface area contributed by atoms with Crippen LogP contribution >= 0.6 is 11.8 Å². The van der Waals surface area contributed by atoms with E-state index in [2.05, 4.69) is 4.98 Å². The van der Waals surface area contributed by atoms with E-state index in [0.717, 1.165) is 10.7 Å². The molecule has 2 aromatic carbocycles. The molecule has 0 saturated carbocycles. The Morgan fingerprint density at radius 3 is 2.54 bits per heavy atom. The highest BCUT2D eigenvalue weighted by molar-refractivity contribution is 7.99. The molecular formula is C24H27N5O5S. The number of carbonyl (C=O) groups excluding carboxylic acids is 2. The van der Waals surface area contributed by atoms with Crippen molar-refractivity contribution in [2.75, 3.05) is 43.4 Å². The number of imidazole rings is 1. The number of nitro groups is 1. The van der Waals surface area contributed by atoms with E-state index in [0.29, 0.717) is 56.1 Å². The molecular weight excluding hydrogens is 470 g/mol. The summed E-state index contributed by atoms with van der Waals surface area (Å²) >= 11 is 1.37. The Balaban J connectivity index is 1.39. The Morgan fingerprint density at radius 2 is 1.86 bits per heavy atom. The molecule has 184 valence electrons. The van der Waals surface area contributed by atoms with Crippen LogP contribution in [0.2, 0.25) is 0 Å². The molecule has 1 amide bonds. The van der Waals surface area contributed by atoms with Gasteiger partial charge < -0.3 is 19.1 Å². The second kappa shape index (κ2) is 10.8. The van der Waals surface area contributed by atoms with Crippen molar-refractivity contribution in [2.24, 2.45) is 0 Å². The fourth-order valence-corrected chi connectivity index (χ4v) is 5.15. The Hall–Kier alpha value is -3.60. The number of esters is 1. The first kappa shape index (κ1) is 24.5. The van der Waals surface area contributed by atoms with Gasteiger partial charge in [-0.05, 0) is 38.1 Å². The van der Waals surface area contributed by atoms with Gasteiger partial charge in [0.25, 0.3) is 5.69 Å². The van der Waals surface area contributed by atoms with Crippen LogP contribution in [0.4, 0.5) is 11.4 Å². The Kier molecular flexibility index (Phi) is 7.54. The van der Waals surface area contributed by atoms with E-state index in [1.165, 1.54) is 17.8 Å². The molecule has 0 spiro atoms. The van der Waals surface area contributed by atoms with Gasteiger partial charge in [0, 0.05) is 38.8 Å². The van der Waals surface area contributed by atoms with Crippen LogP contribution in [0.5, 0.6) is 0 Å². The molecule has 0 aliphatic carbocycles. The average Bonchev–Trinajstić information content (AvgIpc) is 3.24. The number of para-hydroxylation sites is 2. The molecule has 1 aromatic heterocycles. The van der Waals surface area contributed by atoms with Crippen LogP contribution in [-0.4, -0.2) is 69.8 Å². The number of aromatic nitrogens is 2. The summed E-state index contributed by atoms with van der Waals surface area (Å²) in [5.74, 6) is -0.150. The Morgan fingerprint density at radius 1 is 1.11 bits per heavy atom. The largest absolute Gasteiger partial charge is 0.462 e. The van der Waals surface area contributed by atoms with E-state index in [4.69, 9.17) is 4.74 Å². The van der Waals surface area contributed by atoms with Gasteiger partial charge in [-0.3, -0.25) is 14.9 Å². The first-order chi connectivity index (χ1) is 16.9. The summed E-state index contributed by atoms with van der Waals surface area (Å²) in [6, 6.07) is 12.0. The lowest BCUT2D eigenvalue weighted by Gasteiger charge is -2.35. The van der Waals surface area contributed by atoms with E-state index in [1.54, 1.807) is 42.2 Å². The number of benzene rings is 2. The number of nitrogens with zero attached hydrogens (tertiary/aromatic N) is 5. The van der Waals surface area contributed by atoms with Crippen molar-refractivity contribution in [1.82, 2.24) is 14.5 Å². The first-order valence-corrected chi connectivity index (χ1v) is 12.5. The van der Waals surface area contributed by atoms with Gasteiger partial charge in [-0.1, -0.05) is 23.9 Å². The van der Waals surface area contributed by atoms with Gasteiger partial charge in [-0.15, -0.1) is 0 Å². The number of hydrogen-bond donors (Lipinski definition) is 0. The SMILES string of the molecule is CCOC(=O)c1ccc2c(c1)nc(SCC(=O)N1CCN(c3ccccc3[N+](=O)[O-])CC1)n2CC. The smallest absolute Gasteiger partial charge is 0.338 e. The summed E-state index contributed by atoms with van der Waals surface area (Å²) in [5, 5.41) is 12.1. The van der Waals surface area contributed by atoms with E-state index in [1.807, 2.05) is 22.5 Å². The molecule has 0 N–H and O–H groups in total. The number of nitro benzene ring substituents is 1. The van der Waals surface area contributed by atoms with Gasteiger partial charge in [0.15, 0.2) is 5.16 Å². The van der Waals surface area contributed by atoms with Gasteiger partial charge in [-0.2, -0.15) is 0 Å². The number of ether oxygens (including phenoxy) is 1. The van der Waals surface area contributed by atoms with Crippen LogP contribution in [0.3, 0.4) is 0 Å². The lowest BCUT2D eigenvalue weighted by Crippen LogP contribution is -2.49. The van der Waals surface area contributed by atoms with Crippen molar-refractivity contribution in [3.63, 3.8) is 0 Å². The van der Waals surface area contributed by atoms with Crippen LogP contribution < -0.4 is 4.90 Å². The van der Waals surface area contributed by atoms with Crippen LogP contribution in [0.25, 0.3) is 11.0 Å². The van der Waals surface area contributed by atoms with Gasteiger partial charge >= 0.3 is 5.97 Å². The third-order valence-corrected chi connectivity index (χ3v) is 6.88. The predicted molar refractivity (Wildman–Crippen MR) is 134 cm³/mol. The van der Waals surface area contributed by atoms with E-state index < -0.39 is 0 Å². The zero-order chi connectivity index (χ0) is 24.9. The maximum Gasteiger partial charge on any atom is 0.338 e. The fraction of sp³-hybridized carbons (Fsp3) is 0.375. The minimum absolute atomic E-state index is 0.000803. The topological polar surface area (TPSA) is 111 Å². The summed E-state index contributed by atoms with van der Waals surface area (Å²) in [7, 11) is 0. The summed E-state index contributed by atoms with van der Waals surface area (Å²) in [6.45, 7) is 6.82. The minimum atomic E-state index is -0.384. The third-order valence-electron chi connectivity index (χ3n) is 5.92. The number of thioether (sulfide) groups is 1. The molecule has 1 aliphatic rings. The van der Waals surface area contributed by atoms with Crippen molar-refractivity contribution in [3.8, 4) is 0 Å². The molecule has 0 bridgehead atoms. The number of amides is 1. The molecule has 3 aromatic rings. The van der Waals surface area contributed by atoms with Gasteiger partial charge in [0.1, 0.15) is 5.69 Å². The molecule has 0 unspecified atom stereocenters. The quantitative estimate of drug-likeness (QED) is 0.201. The number of rotatable bonds is 8. The van der Waals surface area contributed by atoms with Crippen LogP contribution in [-0.2, 0) is 16.1 Å². The molecule has 35 heavy (non-hydrogen) atoms. The first-order valence-electron chi connectivity index (χ1n) is 11.5. The van der Waals surface area contributed by atoms with Gasteiger partial charge in [-0.25, -0.2) is 9.78 Å². The number of piperazine rings is 1. The molecule has 10 nitrogen and oxygen atoms in total. The molecule has 0 radical (unpaired) electrons. The zero-order valence-electron chi connectivity index (χ0n) is 19.7. The highest BCUT2D eigenvalue weighted by Gasteiger charge is 2.26. The summed E-state index contributed by atoms with van der Waals surface area (Å²) in [6.07, 6.45) is 0.